The Balaban J connectivity index is 1.93. The second-order valence-electron chi connectivity index (χ2n) is 9.11. The molecule has 0 spiro atoms. The lowest BCUT2D eigenvalue weighted by molar-refractivity contribution is -0.0315. The summed E-state index contributed by atoms with van der Waals surface area (Å²) in [6.45, 7) is 20.9. The minimum absolute atomic E-state index is 0.212. The van der Waals surface area contributed by atoms with Gasteiger partial charge in [0.1, 0.15) is 0 Å². The number of likely N-dealkylation sites (tertiary alicyclic amines) is 1. The Kier molecular flexibility index (Phi) is 5.59. The summed E-state index contributed by atoms with van der Waals surface area (Å²) >= 11 is 0. The van der Waals surface area contributed by atoms with Crippen LogP contribution in [0.2, 0.25) is 0 Å². The molecule has 2 atom stereocenters. The van der Waals surface area contributed by atoms with Crippen LogP contribution in [0.5, 0.6) is 0 Å². The molecule has 4 nitrogen and oxygen atoms in total. The van der Waals surface area contributed by atoms with Crippen molar-refractivity contribution < 1.29 is 5.11 Å². The minimum atomic E-state index is 0.212. The zero-order valence-electron chi connectivity index (χ0n) is 15.6. The molecule has 1 N–H and O–H groups in total. The molecule has 2 fully saturated rings. The van der Waals surface area contributed by atoms with E-state index >= 15 is 0 Å². The third-order valence-electron chi connectivity index (χ3n) is 5.61. The number of piperidine rings is 1. The monoisotopic (exact) mass is 311 g/mol. The van der Waals surface area contributed by atoms with Gasteiger partial charge in [0.05, 0.1) is 0 Å². The highest BCUT2D eigenvalue weighted by Crippen LogP contribution is 2.28. The topological polar surface area (TPSA) is 30.0 Å². The predicted molar refractivity (Wildman–Crippen MR) is 93.2 cm³/mol. The van der Waals surface area contributed by atoms with E-state index in [4.69, 9.17) is 0 Å². The van der Waals surface area contributed by atoms with E-state index in [2.05, 4.69) is 56.2 Å². The molecule has 4 heteroatoms. The number of aliphatic hydroxyl groups excluding tert-OH is 1. The second kappa shape index (κ2) is 6.76. The van der Waals surface area contributed by atoms with E-state index < -0.39 is 0 Å². The van der Waals surface area contributed by atoms with Crippen molar-refractivity contribution in [3.05, 3.63) is 0 Å². The van der Waals surface area contributed by atoms with Crippen molar-refractivity contribution in [3.8, 4) is 0 Å². The zero-order chi connectivity index (χ0) is 16.5. The summed E-state index contributed by atoms with van der Waals surface area (Å²) in [6.07, 6.45) is 1.19. The van der Waals surface area contributed by atoms with Crippen LogP contribution >= 0.6 is 0 Å². The Labute approximate surface area is 137 Å². The van der Waals surface area contributed by atoms with E-state index in [1.54, 1.807) is 0 Å². The van der Waals surface area contributed by atoms with Gasteiger partial charge in [0.2, 0.25) is 0 Å². The van der Waals surface area contributed by atoms with E-state index in [-0.39, 0.29) is 11.1 Å². The molecule has 0 bridgehead atoms. The second-order valence-corrected chi connectivity index (χ2v) is 9.11. The average Bonchev–Trinajstić information content (AvgIpc) is 2.45. The van der Waals surface area contributed by atoms with Gasteiger partial charge in [0, 0.05) is 68.9 Å². The first-order chi connectivity index (χ1) is 10.1. The average molecular weight is 312 g/mol. The van der Waals surface area contributed by atoms with Crippen molar-refractivity contribution in [1.29, 1.82) is 0 Å². The van der Waals surface area contributed by atoms with E-state index in [1.807, 2.05) is 0 Å². The van der Waals surface area contributed by atoms with Crippen LogP contribution in [0.1, 0.15) is 48.0 Å². The lowest BCUT2D eigenvalue weighted by atomic mass is 9.88. The molecule has 0 aromatic heterocycles. The van der Waals surface area contributed by atoms with Gasteiger partial charge in [-0.1, -0.05) is 0 Å². The molecule has 0 aromatic carbocycles. The Morgan fingerprint density at radius 2 is 1.36 bits per heavy atom. The lowest BCUT2D eigenvalue weighted by Crippen LogP contribution is -2.61. The van der Waals surface area contributed by atoms with Crippen LogP contribution in [0.4, 0.5) is 0 Å². The molecular weight excluding hydrogens is 274 g/mol. The standard InChI is InChI=1S/C18H37N3O/c1-17(2,3)20-11-9-19(10-12-20)16-7-8-21(18(4,5)6)13-15(16)14-22/h15-16,22H,7-14H2,1-6H3/t15-,16?/m1/s1. The number of piperazine rings is 1. The summed E-state index contributed by atoms with van der Waals surface area (Å²) in [6, 6.07) is 0.561. The Bertz CT molecular complexity index is 350. The fourth-order valence-electron chi connectivity index (χ4n) is 4.01. The van der Waals surface area contributed by atoms with Crippen LogP contribution in [-0.2, 0) is 0 Å². The molecule has 2 heterocycles. The van der Waals surface area contributed by atoms with Crippen LogP contribution in [0.25, 0.3) is 0 Å². The van der Waals surface area contributed by atoms with Gasteiger partial charge >= 0.3 is 0 Å². The van der Waals surface area contributed by atoms with Crippen molar-refractivity contribution >= 4 is 0 Å². The molecule has 0 saturated carbocycles. The third kappa shape index (κ3) is 4.22. The molecule has 22 heavy (non-hydrogen) atoms. The van der Waals surface area contributed by atoms with Crippen LogP contribution in [0.3, 0.4) is 0 Å². The van der Waals surface area contributed by atoms with Crippen molar-refractivity contribution in [2.75, 3.05) is 45.9 Å². The van der Waals surface area contributed by atoms with Crippen molar-refractivity contribution in [2.24, 2.45) is 5.92 Å². The van der Waals surface area contributed by atoms with Gasteiger partial charge in [-0.25, -0.2) is 0 Å². The first-order valence-electron chi connectivity index (χ1n) is 8.98. The van der Waals surface area contributed by atoms with Crippen molar-refractivity contribution in [2.45, 2.75) is 65.1 Å². The van der Waals surface area contributed by atoms with E-state index in [1.165, 1.54) is 6.42 Å². The van der Waals surface area contributed by atoms with Crippen LogP contribution in [0, 0.1) is 5.92 Å². The number of rotatable bonds is 2. The van der Waals surface area contributed by atoms with Gasteiger partial charge in [-0.05, 0) is 48.0 Å². The predicted octanol–water partition coefficient (Wildman–Crippen LogP) is 1.88. The molecular formula is C18H37N3O. The first kappa shape index (κ1) is 18.2. The largest absolute Gasteiger partial charge is 0.396 e. The summed E-state index contributed by atoms with van der Waals surface area (Å²) < 4.78 is 0. The van der Waals surface area contributed by atoms with E-state index in [0.29, 0.717) is 18.6 Å². The molecule has 0 radical (unpaired) electrons. The molecule has 0 aromatic rings. The fraction of sp³-hybridized carbons (Fsp3) is 1.00. The highest BCUT2D eigenvalue weighted by Gasteiger charge is 2.38. The molecule has 0 amide bonds. The summed E-state index contributed by atoms with van der Waals surface area (Å²) in [4.78, 5) is 7.76. The van der Waals surface area contributed by atoms with Crippen molar-refractivity contribution in [3.63, 3.8) is 0 Å². The smallest absolute Gasteiger partial charge is 0.0486 e. The van der Waals surface area contributed by atoms with Crippen LogP contribution < -0.4 is 0 Å². The lowest BCUT2D eigenvalue weighted by Gasteiger charge is -2.50. The number of nitrogens with zero attached hydrogens (tertiary/aromatic N) is 3. The third-order valence-corrected chi connectivity index (χ3v) is 5.61. The van der Waals surface area contributed by atoms with E-state index in [0.717, 1.165) is 39.3 Å². The number of hydrogen-bond donors (Lipinski definition) is 1. The zero-order valence-corrected chi connectivity index (χ0v) is 15.6. The fourth-order valence-corrected chi connectivity index (χ4v) is 4.01. The summed E-state index contributed by atoms with van der Waals surface area (Å²) in [7, 11) is 0. The highest BCUT2D eigenvalue weighted by atomic mass is 16.3. The summed E-state index contributed by atoms with van der Waals surface area (Å²) in [5, 5.41) is 9.89. The first-order valence-corrected chi connectivity index (χ1v) is 8.98. The van der Waals surface area contributed by atoms with Gasteiger partial charge in [-0.3, -0.25) is 14.7 Å². The normalized spacial score (nSPS) is 30.7. The minimum Gasteiger partial charge on any atom is -0.396 e. The highest BCUT2D eigenvalue weighted by molar-refractivity contribution is 4.93. The molecule has 2 saturated heterocycles. The van der Waals surface area contributed by atoms with Gasteiger partial charge in [-0.15, -0.1) is 0 Å². The van der Waals surface area contributed by atoms with Gasteiger partial charge in [0.25, 0.3) is 0 Å². The number of aliphatic hydroxyl groups is 1. The Morgan fingerprint density at radius 1 is 0.818 bits per heavy atom. The molecule has 2 aliphatic heterocycles. The van der Waals surface area contributed by atoms with Crippen molar-refractivity contribution in [1.82, 2.24) is 14.7 Å². The van der Waals surface area contributed by atoms with Gasteiger partial charge < -0.3 is 5.11 Å². The summed E-state index contributed by atoms with van der Waals surface area (Å²) in [5.74, 6) is 0.397. The number of hydrogen-bond acceptors (Lipinski definition) is 4. The van der Waals surface area contributed by atoms with Gasteiger partial charge in [-0.2, -0.15) is 0 Å². The molecule has 1 unspecified atom stereocenters. The van der Waals surface area contributed by atoms with Crippen LogP contribution in [-0.4, -0.2) is 82.8 Å². The van der Waals surface area contributed by atoms with E-state index in [9.17, 15) is 5.11 Å². The molecule has 130 valence electrons. The Morgan fingerprint density at radius 3 is 1.82 bits per heavy atom. The maximum atomic E-state index is 9.89. The molecule has 0 aliphatic carbocycles. The van der Waals surface area contributed by atoms with Crippen LogP contribution in [0.15, 0.2) is 0 Å². The van der Waals surface area contributed by atoms with Gasteiger partial charge in [0.15, 0.2) is 0 Å². The maximum absolute atomic E-state index is 9.89. The summed E-state index contributed by atoms with van der Waals surface area (Å²) in [5.41, 5.74) is 0.487. The quantitative estimate of drug-likeness (QED) is 0.843. The SMILES string of the molecule is CC(C)(C)N1CCN(C2CCN(C(C)(C)C)C[C@@H]2CO)CC1. The molecule has 2 rings (SSSR count). The molecule has 2 aliphatic rings. The maximum Gasteiger partial charge on any atom is 0.0486 e. The Hall–Kier alpha value is -0.160.